The summed E-state index contributed by atoms with van der Waals surface area (Å²) in [5.41, 5.74) is 0. The van der Waals surface area contributed by atoms with E-state index in [9.17, 15) is 5.11 Å². The summed E-state index contributed by atoms with van der Waals surface area (Å²) >= 11 is 0. The standard InChI is InChI=1S/C15H24O6/c1-6-7-17-11-12-9(18-14(2,3)20-12)8(16)10-13(11)21-15(4,5)19-10/h6,8-13,16H,1,7H2,2-5H3/t8-,9-,10+,11-,12+,13-. The Balaban J connectivity index is 1.89. The van der Waals surface area contributed by atoms with Crippen molar-refractivity contribution >= 4 is 0 Å². The van der Waals surface area contributed by atoms with Crippen molar-refractivity contribution in [1.29, 1.82) is 0 Å². The van der Waals surface area contributed by atoms with E-state index in [1.54, 1.807) is 6.08 Å². The third kappa shape index (κ3) is 2.65. The van der Waals surface area contributed by atoms with Crippen LogP contribution >= 0.6 is 0 Å². The van der Waals surface area contributed by atoms with Gasteiger partial charge in [0.25, 0.3) is 0 Å². The Hall–Kier alpha value is -0.500. The highest BCUT2D eigenvalue weighted by molar-refractivity contribution is 5.08. The Bertz CT molecular complexity index is 388. The lowest BCUT2D eigenvalue weighted by atomic mass is 9.85. The summed E-state index contributed by atoms with van der Waals surface area (Å²) in [4.78, 5) is 0. The molecular weight excluding hydrogens is 276 g/mol. The van der Waals surface area contributed by atoms with E-state index in [4.69, 9.17) is 23.7 Å². The smallest absolute Gasteiger partial charge is 0.164 e. The fourth-order valence-corrected chi connectivity index (χ4v) is 3.41. The summed E-state index contributed by atoms with van der Waals surface area (Å²) in [6.07, 6.45) is -1.28. The van der Waals surface area contributed by atoms with E-state index in [1.165, 1.54) is 0 Å². The van der Waals surface area contributed by atoms with Crippen LogP contribution < -0.4 is 0 Å². The van der Waals surface area contributed by atoms with E-state index in [0.717, 1.165) is 0 Å². The second-order valence-electron chi connectivity index (χ2n) is 6.71. The zero-order valence-electron chi connectivity index (χ0n) is 12.9. The highest BCUT2D eigenvalue weighted by Crippen LogP contribution is 2.45. The fraction of sp³-hybridized carbons (Fsp3) is 0.867. The summed E-state index contributed by atoms with van der Waals surface area (Å²) in [6.45, 7) is 11.3. The van der Waals surface area contributed by atoms with E-state index in [1.807, 2.05) is 27.7 Å². The molecule has 3 rings (SSSR count). The molecule has 6 heteroatoms. The van der Waals surface area contributed by atoms with Crippen LogP contribution in [0.4, 0.5) is 0 Å². The summed E-state index contributed by atoms with van der Waals surface area (Å²) in [5, 5.41) is 10.6. The van der Waals surface area contributed by atoms with Crippen LogP contribution in [0.1, 0.15) is 27.7 Å². The first kappa shape index (κ1) is 15.4. The summed E-state index contributed by atoms with van der Waals surface area (Å²) in [6, 6.07) is 0. The molecule has 2 saturated heterocycles. The van der Waals surface area contributed by atoms with E-state index in [2.05, 4.69) is 6.58 Å². The van der Waals surface area contributed by atoms with E-state index >= 15 is 0 Å². The molecule has 1 aliphatic carbocycles. The first-order valence-corrected chi connectivity index (χ1v) is 7.36. The topological polar surface area (TPSA) is 66.4 Å². The molecule has 0 radical (unpaired) electrons. The van der Waals surface area contributed by atoms with E-state index < -0.39 is 42.1 Å². The van der Waals surface area contributed by atoms with E-state index in [-0.39, 0.29) is 6.10 Å². The third-order valence-electron chi connectivity index (χ3n) is 4.05. The quantitative estimate of drug-likeness (QED) is 0.784. The number of aliphatic hydroxyl groups is 1. The Morgan fingerprint density at radius 1 is 0.952 bits per heavy atom. The van der Waals surface area contributed by atoms with Crippen molar-refractivity contribution in [2.24, 2.45) is 0 Å². The van der Waals surface area contributed by atoms with Crippen LogP contribution in [0.3, 0.4) is 0 Å². The number of ether oxygens (including phenoxy) is 5. The number of fused-ring (bicyclic) bond motifs is 2. The molecule has 6 atom stereocenters. The molecule has 0 aromatic carbocycles. The zero-order chi connectivity index (χ0) is 15.4. The van der Waals surface area contributed by atoms with Gasteiger partial charge < -0.3 is 28.8 Å². The minimum absolute atomic E-state index is 0.370. The first-order valence-electron chi connectivity index (χ1n) is 7.36. The second kappa shape index (κ2) is 5.01. The first-order chi connectivity index (χ1) is 9.74. The lowest BCUT2D eigenvalue weighted by Crippen LogP contribution is -2.62. The van der Waals surface area contributed by atoms with Gasteiger partial charge in [0.15, 0.2) is 11.6 Å². The van der Waals surface area contributed by atoms with Crippen molar-refractivity contribution in [3.63, 3.8) is 0 Å². The third-order valence-corrected chi connectivity index (χ3v) is 4.05. The predicted octanol–water partition coefficient (Wildman–Crippen LogP) is 0.972. The van der Waals surface area contributed by atoms with Crippen molar-refractivity contribution in [3.05, 3.63) is 12.7 Å². The van der Waals surface area contributed by atoms with Gasteiger partial charge in [0.1, 0.15) is 36.6 Å². The van der Waals surface area contributed by atoms with Crippen LogP contribution in [-0.2, 0) is 23.7 Å². The van der Waals surface area contributed by atoms with Gasteiger partial charge in [-0.25, -0.2) is 0 Å². The average Bonchev–Trinajstić information content (AvgIpc) is 2.86. The lowest BCUT2D eigenvalue weighted by molar-refractivity contribution is -0.186. The molecular formula is C15H24O6. The molecule has 2 aliphatic heterocycles. The molecule has 3 fully saturated rings. The average molecular weight is 300 g/mol. The molecule has 3 aliphatic rings. The van der Waals surface area contributed by atoms with Crippen LogP contribution in [0, 0.1) is 0 Å². The zero-order valence-corrected chi connectivity index (χ0v) is 12.9. The van der Waals surface area contributed by atoms with Crippen LogP contribution in [-0.4, -0.2) is 59.9 Å². The summed E-state index contributed by atoms with van der Waals surface area (Å²) in [7, 11) is 0. The van der Waals surface area contributed by atoms with Gasteiger partial charge in [-0.1, -0.05) is 6.08 Å². The Morgan fingerprint density at radius 3 is 1.81 bits per heavy atom. The molecule has 0 unspecified atom stereocenters. The molecule has 120 valence electrons. The van der Waals surface area contributed by atoms with Crippen LogP contribution in [0.25, 0.3) is 0 Å². The van der Waals surface area contributed by atoms with Gasteiger partial charge in [0.2, 0.25) is 0 Å². The largest absolute Gasteiger partial charge is 0.387 e. The molecule has 0 bridgehead atoms. The highest BCUT2D eigenvalue weighted by Gasteiger charge is 2.63. The number of aliphatic hydroxyl groups excluding tert-OH is 1. The van der Waals surface area contributed by atoms with Crippen molar-refractivity contribution in [3.8, 4) is 0 Å². The second-order valence-corrected chi connectivity index (χ2v) is 6.71. The number of hydrogen-bond acceptors (Lipinski definition) is 6. The van der Waals surface area contributed by atoms with Gasteiger partial charge in [0.05, 0.1) is 6.61 Å². The van der Waals surface area contributed by atoms with E-state index in [0.29, 0.717) is 6.61 Å². The van der Waals surface area contributed by atoms with Crippen molar-refractivity contribution in [1.82, 2.24) is 0 Å². The molecule has 1 N–H and O–H groups in total. The molecule has 1 saturated carbocycles. The molecule has 2 heterocycles. The normalized spacial score (nSPS) is 46.9. The fourth-order valence-electron chi connectivity index (χ4n) is 3.41. The predicted molar refractivity (Wildman–Crippen MR) is 73.6 cm³/mol. The van der Waals surface area contributed by atoms with Gasteiger partial charge in [-0.2, -0.15) is 0 Å². The van der Waals surface area contributed by atoms with Crippen molar-refractivity contribution in [2.45, 2.75) is 75.9 Å². The highest BCUT2D eigenvalue weighted by atomic mass is 16.8. The maximum absolute atomic E-state index is 10.6. The molecule has 0 amide bonds. The van der Waals surface area contributed by atoms with Crippen molar-refractivity contribution in [2.75, 3.05) is 6.61 Å². The summed E-state index contributed by atoms with van der Waals surface area (Å²) in [5.74, 6) is -1.53. The molecule has 0 spiro atoms. The van der Waals surface area contributed by atoms with Crippen LogP contribution in [0.15, 0.2) is 12.7 Å². The van der Waals surface area contributed by atoms with Crippen LogP contribution in [0.2, 0.25) is 0 Å². The van der Waals surface area contributed by atoms with Gasteiger partial charge in [-0.05, 0) is 27.7 Å². The number of hydrogen-bond donors (Lipinski definition) is 1. The number of rotatable bonds is 3. The molecule has 6 nitrogen and oxygen atoms in total. The minimum Gasteiger partial charge on any atom is -0.387 e. The monoisotopic (exact) mass is 300 g/mol. The summed E-state index contributed by atoms with van der Waals surface area (Å²) < 4.78 is 29.4. The van der Waals surface area contributed by atoms with Crippen molar-refractivity contribution < 1.29 is 28.8 Å². The lowest BCUT2D eigenvalue weighted by Gasteiger charge is -2.40. The van der Waals surface area contributed by atoms with Crippen LogP contribution in [0.5, 0.6) is 0 Å². The van der Waals surface area contributed by atoms with Gasteiger partial charge in [0, 0.05) is 0 Å². The van der Waals surface area contributed by atoms with Gasteiger partial charge in [-0.15, -0.1) is 6.58 Å². The maximum Gasteiger partial charge on any atom is 0.164 e. The maximum atomic E-state index is 10.6. The van der Waals surface area contributed by atoms with Gasteiger partial charge in [-0.3, -0.25) is 0 Å². The SMILES string of the molecule is C=CCO[C@@H]1[C@H]2OC(C)(C)O[C@@H]2[C@@H](O)[C@@H]2OC(C)(C)O[C@@H]12. The Labute approximate surface area is 125 Å². The molecule has 0 aromatic heterocycles. The minimum atomic E-state index is -0.813. The van der Waals surface area contributed by atoms with Gasteiger partial charge >= 0.3 is 0 Å². The Morgan fingerprint density at radius 2 is 1.38 bits per heavy atom. The molecule has 0 aromatic rings. The Kier molecular flexibility index (Phi) is 3.67. The molecule has 21 heavy (non-hydrogen) atoms.